The molecule has 2 heterocycles. The average molecular weight is 298 g/mol. The van der Waals surface area contributed by atoms with Crippen molar-refractivity contribution in [3.8, 4) is 0 Å². The number of nitrogens with two attached hydrogens (primary N) is 1. The third-order valence-electron chi connectivity index (χ3n) is 4.41. The van der Waals surface area contributed by atoms with Crippen molar-refractivity contribution >= 4 is 0 Å². The maximum absolute atomic E-state index is 5.56. The van der Waals surface area contributed by atoms with Crippen molar-refractivity contribution in [3.05, 3.63) is 60.2 Å². The van der Waals surface area contributed by atoms with Crippen LogP contribution in [-0.4, -0.2) is 11.5 Å². The number of hydrogen-bond donors (Lipinski definition) is 1. The molecule has 2 aromatic heterocycles. The van der Waals surface area contributed by atoms with Gasteiger partial charge in [0, 0.05) is 30.9 Å². The highest BCUT2D eigenvalue weighted by Crippen LogP contribution is 2.31. The van der Waals surface area contributed by atoms with E-state index in [9.17, 15) is 0 Å². The molecule has 0 amide bonds. The van der Waals surface area contributed by atoms with Crippen LogP contribution in [0.25, 0.3) is 0 Å². The molecule has 3 heteroatoms. The summed E-state index contributed by atoms with van der Waals surface area (Å²) in [5.74, 6) is 1.16. The van der Waals surface area contributed by atoms with Gasteiger partial charge >= 0.3 is 0 Å². The van der Waals surface area contributed by atoms with E-state index in [-0.39, 0.29) is 0 Å². The van der Waals surface area contributed by atoms with Gasteiger partial charge in [0.1, 0.15) is 6.54 Å². The largest absolute Gasteiger partial charge is 0.330 e. The third kappa shape index (κ3) is 4.63. The van der Waals surface area contributed by atoms with Gasteiger partial charge in [-0.2, -0.15) is 0 Å². The van der Waals surface area contributed by atoms with Gasteiger partial charge < -0.3 is 5.73 Å². The summed E-state index contributed by atoms with van der Waals surface area (Å²) in [6, 6.07) is 8.79. The Labute approximate surface area is 134 Å². The molecular formula is C19H28N3+. The summed E-state index contributed by atoms with van der Waals surface area (Å²) in [7, 11) is 0. The predicted molar refractivity (Wildman–Crippen MR) is 90.6 cm³/mol. The number of nitrogens with zero attached hydrogens (tertiary/aromatic N) is 2. The molecule has 0 saturated carbocycles. The van der Waals surface area contributed by atoms with Crippen LogP contribution in [0, 0.1) is 0 Å². The standard InChI is InChI=1S/C19H28N3/c1-3-17(19-5-10-21-11-6-19)15-16(2)18-7-13-22(14-8-18)12-4-9-20/h5-8,10-11,13-14,16-17H,3-4,9,12,15,20H2,1-2H3/q+1. The fourth-order valence-electron chi connectivity index (χ4n) is 2.96. The second-order valence-electron chi connectivity index (χ2n) is 6.03. The van der Waals surface area contributed by atoms with Gasteiger partial charge in [0.15, 0.2) is 12.4 Å². The van der Waals surface area contributed by atoms with E-state index in [0.29, 0.717) is 11.8 Å². The molecule has 0 aliphatic carbocycles. The van der Waals surface area contributed by atoms with Gasteiger partial charge in [-0.05, 0) is 54.5 Å². The van der Waals surface area contributed by atoms with Crippen LogP contribution in [-0.2, 0) is 6.54 Å². The first-order valence-electron chi connectivity index (χ1n) is 8.33. The maximum Gasteiger partial charge on any atom is 0.169 e. The van der Waals surface area contributed by atoms with Gasteiger partial charge in [0.05, 0.1) is 0 Å². The van der Waals surface area contributed by atoms with E-state index in [0.717, 1.165) is 25.9 Å². The first-order chi connectivity index (χ1) is 10.7. The fraction of sp³-hybridized carbons (Fsp3) is 0.474. The smallest absolute Gasteiger partial charge is 0.169 e. The molecule has 0 spiro atoms. The minimum Gasteiger partial charge on any atom is -0.330 e. The molecule has 0 aliphatic heterocycles. The Bertz CT molecular complexity index is 536. The molecule has 0 fully saturated rings. The van der Waals surface area contributed by atoms with E-state index in [1.54, 1.807) is 0 Å². The quantitative estimate of drug-likeness (QED) is 0.759. The molecule has 3 nitrogen and oxygen atoms in total. The number of aryl methyl sites for hydroxylation is 1. The molecular weight excluding hydrogens is 270 g/mol. The number of rotatable bonds is 8. The topological polar surface area (TPSA) is 42.8 Å². The van der Waals surface area contributed by atoms with Crippen molar-refractivity contribution in [3.63, 3.8) is 0 Å². The Hall–Kier alpha value is -1.74. The molecule has 22 heavy (non-hydrogen) atoms. The van der Waals surface area contributed by atoms with Gasteiger partial charge in [-0.3, -0.25) is 4.98 Å². The van der Waals surface area contributed by atoms with Crippen molar-refractivity contribution in [1.29, 1.82) is 0 Å². The molecule has 2 N–H and O–H groups in total. The summed E-state index contributed by atoms with van der Waals surface area (Å²) in [4.78, 5) is 4.12. The maximum atomic E-state index is 5.56. The van der Waals surface area contributed by atoms with Crippen molar-refractivity contribution in [2.45, 2.75) is 51.5 Å². The highest BCUT2D eigenvalue weighted by Gasteiger charge is 2.16. The summed E-state index contributed by atoms with van der Waals surface area (Å²) >= 11 is 0. The van der Waals surface area contributed by atoms with Crippen LogP contribution in [0.15, 0.2) is 49.1 Å². The number of hydrogen-bond acceptors (Lipinski definition) is 2. The monoisotopic (exact) mass is 298 g/mol. The van der Waals surface area contributed by atoms with Crippen LogP contribution in [0.4, 0.5) is 0 Å². The summed E-state index contributed by atoms with van der Waals surface area (Å²) in [6.45, 7) is 6.34. The van der Waals surface area contributed by atoms with Gasteiger partial charge in [-0.25, -0.2) is 4.57 Å². The minimum absolute atomic E-state index is 0.558. The molecule has 0 aromatic carbocycles. The molecule has 0 bridgehead atoms. The first kappa shape index (κ1) is 16.6. The molecule has 2 atom stereocenters. The summed E-state index contributed by atoms with van der Waals surface area (Å²) < 4.78 is 2.21. The van der Waals surface area contributed by atoms with Crippen LogP contribution in [0.1, 0.15) is 56.1 Å². The van der Waals surface area contributed by atoms with E-state index >= 15 is 0 Å². The highest BCUT2D eigenvalue weighted by atomic mass is 14.9. The molecule has 0 aliphatic rings. The lowest BCUT2D eigenvalue weighted by molar-refractivity contribution is -0.697. The zero-order chi connectivity index (χ0) is 15.8. The molecule has 0 saturated heterocycles. The van der Waals surface area contributed by atoms with Crippen molar-refractivity contribution in [2.24, 2.45) is 5.73 Å². The van der Waals surface area contributed by atoms with E-state index in [1.807, 2.05) is 12.4 Å². The number of pyridine rings is 2. The summed E-state index contributed by atoms with van der Waals surface area (Å²) in [5, 5.41) is 0. The van der Waals surface area contributed by atoms with Crippen LogP contribution in [0.3, 0.4) is 0 Å². The zero-order valence-electron chi connectivity index (χ0n) is 13.8. The lowest BCUT2D eigenvalue weighted by Gasteiger charge is -2.20. The fourth-order valence-corrected chi connectivity index (χ4v) is 2.96. The lowest BCUT2D eigenvalue weighted by Crippen LogP contribution is -2.33. The van der Waals surface area contributed by atoms with Crippen LogP contribution in [0.2, 0.25) is 0 Å². The van der Waals surface area contributed by atoms with Gasteiger partial charge in [0.25, 0.3) is 0 Å². The van der Waals surface area contributed by atoms with E-state index in [1.165, 1.54) is 17.5 Å². The van der Waals surface area contributed by atoms with Crippen LogP contribution in [0.5, 0.6) is 0 Å². The molecule has 118 valence electrons. The van der Waals surface area contributed by atoms with Crippen LogP contribution >= 0.6 is 0 Å². The van der Waals surface area contributed by atoms with E-state index in [2.05, 4.69) is 60.1 Å². The predicted octanol–water partition coefficient (Wildman–Crippen LogP) is 3.41. The molecule has 2 rings (SSSR count). The summed E-state index contributed by atoms with van der Waals surface area (Å²) in [6.07, 6.45) is 11.5. The van der Waals surface area contributed by atoms with Gasteiger partial charge in [-0.15, -0.1) is 0 Å². The SMILES string of the molecule is CCC(CC(C)c1cc[n+](CCCN)cc1)c1ccncc1. The zero-order valence-corrected chi connectivity index (χ0v) is 13.8. The van der Waals surface area contributed by atoms with Gasteiger partial charge in [-0.1, -0.05) is 13.8 Å². The van der Waals surface area contributed by atoms with Crippen molar-refractivity contribution in [2.75, 3.05) is 6.54 Å². The Kier molecular flexibility index (Phi) is 6.53. The van der Waals surface area contributed by atoms with E-state index < -0.39 is 0 Å². The normalized spacial score (nSPS) is 13.8. The second kappa shape index (κ2) is 8.64. The average Bonchev–Trinajstić information content (AvgIpc) is 2.58. The third-order valence-corrected chi connectivity index (χ3v) is 4.41. The van der Waals surface area contributed by atoms with Gasteiger partial charge in [0.2, 0.25) is 0 Å². The van der Waals surface area contributed by atoms with E-state index in [4.69, 9.17) is 5.73 Å². The van der Waals surface area contributed by atoms with Crippen molar-refractivity contribution < 1.29 is 4.57 Å². The lowest BCUT2D eigenvalue weighted by atomic mass is 9.85. The second-order valence-corrected chi connectivity index (χ2v) is 6.03. The molecule has 2 aromatic rings. The first-order valence-corrected chi connectivity index (χ1v) is 8.33. The van der Waals surface area contributed by atoms with Crippen molar-refractivity contribution in [1.82, 2.24) is 4.98 Å². The Balaban J connectivity index is 1.99. The number of aromatic nitrogens is 2. The van der Waals surface area contributed by atoms with Crippen LogP contribution < -0.4 is 10.3 Å². The summed E-state index contributed by atoms with van der Waals surface area (Å²) in [5.41, 5.74) is 8.38. The highest BCUT2D eigenvalue weighted by molar-refractivity contribution is 5.19. The Morgan fingerprint density at radius 3 is 2.36 bits per heavy atom. The Morgan fingerprint density at radius 1 is 1.09 bits per heavy atom. The minimum atomic E-state index is 0.558. The Morgan fingerprint density at radius 2 is 1.77 bits per heavy atom. The molecule has 0 radical (unpaired) electrons. The molecule has 2 unspecified atom stereocenters.